The van der Waals surface area contributed by atoms with Gasteiger partial charge in [-0.05, 0) is 57.8 Å². The summed E-state index contributed by atoms with van der Waals surface area (Å²) >= 11 is 0. The molecule has 0 radical (unpaired) electrons. The Hall–Kier alpha value is -2.32. The Morgan fingerprint density at radius 3 is 1.62 bits per heavy atom. The average molecular weight is 762 g/mol. The van der Waals surface area contributed by atoms with E-state index in [1.165, 1.54) is 51.4 Å². The van der Waals surface area contributed by atoms with Gasteiger partial charge in [-0.3, -0.25) is 13.8 Å². The maximum Gasteiger partial charge on any atom is 0.472 e. The fourth-order valence-electron chi connectivity index (χ4n) is 5.12. The fourth-order valence-corrected chi connectivity index (χ4v) is 5.86. The van der Waals surface area contributed by atoms with Crippen LogP contribution in [-0.2, 0) is 18.4 Å². The molecule has 0 saturated heterocycles. The summed E-state index contributed by atoms with van der Waals surface area (Å²) in [4.78, 5) is 23.0. The molecular weight excluding hydrogens is 683 g/mol. The molecule has 8 nitrogen and oxygen atoms in total. The SMILES string of the molecule is CC/C=C\C/C=C\C/C=C\C/C=C\C/C=C\C/C=C\CCC(=O)NC(COP(=O)(O)OCC[N+](C)(C)C)C(O)/C=C/CCCCCCCCCCCC. The minimum atomic E-state index is -4.36. The normalized spacial score (nSPS) is 15.4. The quantitative estimate of drug-likeness (QED) is 0.0257. The Balaban J connectivity index is 4.63. The summed E-state index contributed by atoms with van der Waals surface area (Å²) in [5.74, 6) is -0.265. The van der Waals surface area contributed by atoms with Crippen molar-refractivity contribution in [2.75, 3.05) is 40.9 Å². The van der Waals surface area contributed by atoms with Crippen molar-refractivity contribution < 1.29 is 32.9 Å². The summed E-state index contributed by atoms with van der Waals surface area (Å²) < 4.78 is 23.4. The highest BCUT2D eigenvalue weighted by Gasteiger charge is 2.27. The first-order valence-electron chi connectivity index (χ1n) is 20.5. The lowest BCUT2D eigenvalue weighted by molar-refractivity contribution is -0.870. The molecule has 0 heterocycles. The van der Waals surface area contributed by atoms with Crippen LogP contribution in [0.25, 0.3) is 0 Å². The molecule has 0 aromatic carbocycles. The van der Waals surface area contributed by atoms with Crippen LogP contribution in [0.1, 0.15) is 136 Å². The summed E-state index contributed by atoms with van der Waals surface area (Å²) in [5.41, 5.74) is 0. The first kappa shape index (κ1) is 50.7. The second-order valence-corrected chi connectivity index (χ2v) is 16.1. The number of amides is 1. The number of phosphoric ester groups is 1. The van der Waals surface area contributed by atoms with E-state index in [1.807, 2.05) is 39.4 Å². The summed E-state index contributed by atoms with van der Waals surface area (Å²) in [7, 11) is 1.51. The number of carbonyl (C=O) groups is 1. The molecule has 0 aromatic heterocycles. The van der Waals surface area contributed by atoms with E-state index in [-0.39, 0.29) is 25.5 Å². The van der Waals surface area contributed by atoms with Gasteiger partial charge in [0.25, 0.3) is 0 Å². The molecule has 0 aliphatic heterocycles. The number of allylic oxidation sites excluding steroid dienone is 13. The molecule has 304 valence electrons. The van der Waals surface area contributed by atoms with Crippen LogP contribution < -0.4 is 5.32 Å². The third-order valence-electron chi connectivity index (χ3n) is 8.38. The number of phosphoric acid groups is 1. The summed E-state index contributed by atoms with van der Waals surface area (Å²) in [6.45, 7) is 4.60. The van der Waals surface area contributed by atoms with Gasteiger partial charge in [-0.15, -0.1) is 0 Å². The smallest absolute Gasteiger partial charge is 0.387 e. The standard InChI is InChI=1S/C44H77N2O6P/c1-6-8-10-12-14-16-18-20-21-22-23-24-25-26-28-30-32-34-36-38-44(48)45-42(41-52-53(49,50)51-40-39-46(3,4)5)43(47)37-35-33-31-29-27-19-17-15-13-11-9-7-2/h8,10,14,16,20-21,23-24,26,28,32,34-35,37,42-43,47H,6-7,9,11-13,15,17-19,22,25,27,29-31,33,36,38-41H2,1-5H3,(H-,45,48,49,50)/p+1/b10-8-,16-14-,21-20-,24-23-,28-26-,34-32-,37-35+. The molecule has 0 bridgehead atoms. The van der Waals surface area contributed by atoms with Gasteiger partial charge in [-0.1, -0.05) is 157 Å². The molecule has 0 spiro atoms. The van der Waals surface area contributed by atoms with Crippen molar-refractivity contribution in [2.24, 2.45) is 0 Å². The second-order valence-electron chi connectivity index (χ2n) is 14.6. The van der Waals surface area contributed by atoms with Gasteiger partial charge in [-0.2, -0.15) is 0 Å². The number of unbranched alkanes of at least 4 members (excludes halogenated alkanes) is 10. The lowest BCUT2D eigenvalue weighted by Crippen LogP contribution is -2.45. The number of nitrogens with zero attached hydrogens (tertiary/aromatic N) is 1. The number of quaternary nitrogens is 1. The molecule has 1 amide bonds. The Bertz CT molecular complexity index is 1140. The van der Waals surface area contributed by atoms with Crippen LogP contribution in [0.4, 0.5) is 0 Å². The zero-order valence-corrected chi connectivity index (χ0v) is 35.1. The van der Waals surface area contributed by atoms with Gasteiger partial charge in [0.2, 0.25) is 5.91 Å². The van der Waals surface area contributed by atoms with Crippen molar-refractivity contribution in [3.05, 3.63) is 85.1 Å². The molecule has 3 atom stereocenters. The van der Waals surface area contributed by atoms with Gasteiger partial charge in [0.15, 0.2) is 0 Å². The van der Waals surface area contributed by atoms with E-state index >= 15 is 0 Å². The Morgan fingerprint density at radius 1 is 0.660 bits per heavy atom. The topological polar surface area (TPSA) is 105 Å². The number of hydrogen-bond acceptors (Lipinski definition) is 5. The largest absolute Gasteiger partial charge is 0.472 e. The molecule has 0 rings (SSSR count). The Kier molecular flexibility index (Phi) is 33.8. The number of likely N-dealkylation sites (N-methyl/N-ethyl adjacent to an activating group) is 1. The van der Waals surface area contributed by atoms with Crippen LogP contribution >= 0.6 is 7.82 Å². The minimum absolute atomic E-state index is 0.0432. The van der Waals surface area contributed by atoms with E-state index in [2.05, 4.69) is 79.9 Å². The van der Waals surface area contributed by atoms with Crippen molar-refractivity contribution in [3.63, 3.8) is 0 Å². The molecule has 53 heavy (non-hydrogen) atoms. The molecule has 0 saturated carbocycles. The molecule has 0 aliphatic rings. The summed E-state index contributed by atoms with van der Waals surface area (Å²) in [6, 6.07) is -0.890. The average Bonchev–Trinajstić information content (AvgIpc) is 3.10. The Labute approximate surface area is 325 Å². The number of rotatable bonds is 35. The number of aliphatic hydroxyl groups is 1. The zero-order valence-electron chi connectivity index (χ0n) is 34.2. The van der Waals surface area contributed by atoms with Crippen molar-refractivity contribution in [3.8, 4) is 0 Å². The summed E-state index contributed by atoms with van der Waals surface area (Å²) in [6.07, 6.45) is 48.1. The predicted octanol–water partition coefficient (Wildman–Crippen LogP) is 11.0. The number of nitrogens with one attached hydrogen (secondary N) is 1. The van der Waals surface area contributed by atoms with Crippen LogP contribution in [0.2, 0.25) is 0 Å². The van der Waals surface area contributed by atoms with Crippen molar-refractivity contribution in [1.82, 2.24) is 5.32 Å². The third-order valence-corrected chi connectivity index (χ3v) is 9.37. The zero-order chi connectivity index (χ0) is 39.3. The fraction of sp³-hybridized carbons (Fsp3) is 0.659. The van der Waals surface area contributed by atoms with E-state index in [4.69, 9.17) is 9.05 Å². The lowest BCUT2D eigenvalue weighted by Gasteiger charge is -2.25. The van der Waals surface area contributed by atoms with Gasteiger partial charge in [-0.25, -0.2) is 4.57 Å². The highest BCUT2D eigenvalue weighted by molar-refractivity contribution is 7.47. The summed E-state index contributed by atoms with van der Waals surface area (Å²) in [5, 5.41) is 13.7. The molecular formula is C44H78N2O6P+. The van der Waals surface area contributed by atoms with E-state index in [0.717, 1.165) is 57.8 Å². The first-order valence-corrected chi connectivity index (χ1v) is 22.0. The van der Waals surface area contributed by atoms with Crippen molar-refractivity contribution in [2.45, 2.75) is 148 Å². The van der Waals surface area contributed by atoms with Gasteiger partial charge >= 0.3 is 7.82 Å². The maximum atomic E-state index is 12.8. The monoisotopic (exact) mass is 762 g/mol. The molecule has 3 unspecified atom stereocenters. The number of carbonyl (C=O) groups excluding carboxylic acids is 1. The second kappa shape index (κ2) is 35.4. The molecule has 0 aromatic rings. The molecule has 9 heteroatoms. The molecule has 3 N–H and O–H groups in total. The van der Waals surface area contributed by atoms with Crippen LogP contribution in [0.5, 0.6) is 0 Å². The predicted molar refractivity (Wildman–Crippen MR) is 226 cm³/mol. The van der Waals surface area contributed by atoms with E-state index in [1.54, 1.807) is 6.08 Å². The van der Waals surface area contributed by atoms with Gasteiger partial charge < -0.3 is 19.8 Å². The van der Waals surface area contributed by atoms with Gasteiger partial charge in [0, 0.05) is 6.42 Å². The highest BCUT2D eigenvalue weighted by atomic mass is 31.2. The molecule has 0 fully saturated rings. The minimum Gasteiger partial charge on any atom is -0.387 e. The van der Waals surface area contributed by atoms with Crippen LogP contribution in [-0.4, -0.2) is 73.4 Å². The third kappa shape index (κ3) is 37.8. The van der Waals surface area contributed by atoms with Crippen molar-refractivity contribution >= 4 is 13.7 Å². The molecule has 0 aliphatic carbocycles. The maximum absolute atomic E-state index is 12.8. The van der Waals surface area contributed by atoms with Crippen LogP contribution in [0.15, 0.2) is 85.1 Å². The van der Waals surface area contributed by atoms with E-state index < -0.39 is 20.0 Å². The first-order chi connectivity index (χ1) is 25.5. The van der Waals surface area contributed by atoms with Crippen LogP contribution in [0.3, 0.4) is 0 Å². The van der Waals surface area contributed by atoms with Gasteiger partial charge in [0.1, 0.15) is 13.2 Å². The number of aliphatic hydroxyl groups excluding tert-OH is 1. The highest BCUT2D eigenvalue weighted by Crippen LogP contribution is 2.43. The van der Waals surface area contributed by atoms with E-state index in [0.29, 0.717) is 17.4 Å². The van der Waals surface area contributed by atoms with Crippen LogP contribution in [0, 0.1) is 0 Å². The van der Waals surface area contributed by atoms with Gasteiger partial charge in [0.05, 0.1) is 39.9 Å². The van der Waals surface area contributed by atoms with Crippen molar-refractivity contribution in [1.29, 1.82) is 0 Å². The van der Waals surface area contributed by atoms with E-state index in [9.17, 15) is 19.4 Å². The lowest BCUT2D eigenvalue weighted by atomic mass is 10.1. The Morgan fingerprint density at radius 2 is 1.13 bits per heavy atom. The number of hydrogen-bond donors (Lipinski definition) is 3.